The van der Waals surface area contributed by atoms with Crippen LogP contribution >= 0.6 is 0 Å². The van der Waals surface area contributed by atoms with Gasteiger partial charge in [-0.25, -0.2) is 13.4 Å². The topological polar surface area (TPSA) is 113 Å². The zero-order valence-corrected chi connectivity index (χ0v) is 20.8. The van der Waals surface area contributed by atoms with Gasteiger partial charge >= 0.3 is 0 Å². The molecule has 1 aliphatic heterocycles. The Hall–Kier alpha value is -3.50. The zero-order valence-electron chi connectivity index (χ0n) is 20.0. The largest absolute Gasteiger partial charge is 0.337 e. The highest BCUT2D eigenvalue weighted by molar-refractivity contribution is 7.89. The van der Waals surface area contributed by atoms with Gasteiger partial charge in [0.05, 0.1) is 0 Å². The number of rotatable bonds is 6. The number of benzene rings is 2. The van der Waals surface area contributed by atoms with Gasteiger partial charge in [-0.2, -0.15) is 4.31 Å². The highest BCUT2D eigenvalue weighted by Crippen LogP contribution is 2.26. The van der Waals surface area contributed by atoms with Gasteiger partial charge in [0.1, 0.15) is 5.82 Å². The van der Waals surface area contributed by atoms with Crippen LogP contribution in [0.25, 0.3) is 0 Å². The molecule has 1 saturated heterocycles. The van der Waals surface area contributed by atoms with Gasteiger partial charge in [0, 0.05) is 49.2 Å². The van der Waals surface area contributed by atoms with Crippen molar-refractivity contribution in [1.82, 2.24) is 13.9 Å². The summed E-state index contributed by atoms with van der Waals surface area (Å²) in [6.45, 7) is 4.13. The normalized spacial score (nSPS) is 15.1. The molecular weight excluding hydrogens is 466 g/mol. The first-order chi connectivity index (χ1) is 16.6. The summed E-state index contributed by atoms with van der Waals surface area (Å²) in [7, 11) is -1.94. The molecule has 2 aromatic carbocycles. The first-order valence-electron chi connectivity index (χ1n) is 11.4. The van der Waals surface area contributed by atoms with Gasteiger partial charge in [0.2, 0.25) is 5.91 Å². The average molecular weight is 496 g/mol. The fourth-order valence-electron chi connectivity index (χ4n) is 4.00. The molecule has 0 aliphatic carbocycles. The fourth-order valence-corrected chi connectivity index (χ4v) is 5.50. The monoisotopic (exact) mass is 495 g/mol. The molecule has 0 bridgehead atoms. The number of imidazole rings is 1. The second-order valence-corrected chi connectivity index (χ2v) is 10.6. The lowest BCUT2D eigenvalue weighted by Crippen LogP contribution is -2.41. The van der Waals surface area contributed by atoms with Crippen LogP contribution in [0.1, 0.15) is 34.6 Å². The fraction of sp³-hybridized carbons (Fsp3) is 0.320. The maximum absolute atomic E-state index is 13.0. The Morgan fingerprint density at radius 1 is 1.00 bits per heavy atom. The predicted molar refractivity (Wildman–Crippen MR) is 134 cm³/mol. The van der Waals surface area contributed by atoms with Crippen molar-refractivity contribution in [2.45, 2.75) is 31.7 Å². The van der Waals surface area contributed by atoms with Crippen molar-refractivity contribution in [3.05, 3.63) is 71.7 Å². The van der Waals surface area contributed by atoms with Crippen LogP contribution in [0.3, 0.4) is 0 Å². The molecule has 0 spiro atoms. The quantitative estimate of drug-likeness (QED) is 0.545. The van der Waals surface area contributed by atoms with Crippen molar-refractivity contribution in [3.8, 4) is 0 Å². The molecule has 2 N–H and O–H groups in total. The first-order valence-corrected chi connectivity index (χ1v) is 12.9. The number of nitrogens with zero attached hydrogens (tertiary/aromatic N) is 3. The zero-order chi connectivity index (χ0) is 25.2. The Morgan fingerprint density at radius 3 is 2.31 bits per heavy atom. The molecule has 0 radical (unpaired) electrons. The van der Waals surface area contributed by atoms with E-state index in [1.165, 1.54) is 10.5 Å². The van der Waals surface area contributed by atoms with Gasteiger partial charge in [0.25, 0.3) is 15.9 Å². The van der Waals surface area contributed by atoms with Crippen LogP contribution in [-0.4, -0.2) is 47.2 Å². The van der Waals surface area contributed by atoms with Crippen molar-refractivity contribution in [2.75, 3.05) is 23.7 Å². The number of anilines is 2. The van der Waals surface area contributed by atoms with E-state index in [4.69, 9.17) is 0 Å². The number of carbonyl (C=O) groups excluding carboxylic acids is 2. The minimum absolute atomic E-state index is 0.0328. The summed E-state index contributed by atoms with van der Waals surface area (Å²) in [5, 5.41) is 5.84. The van der Waals surface area contributed by atoms with Crippen molar-refractivity contribution in [3.63, 3.8) is 0 Å². The number of aryl methyl sites for hydroxylation is 3. The number of aromatic nitrogens is 2. The van der Waals surface area contributed by atoms with E-state index < -0.39 is 10.0 Å². The molecule has 0 atom stereocenters. The number of amides is 2. The smallest absolute Gasteiger partial charge is 0.262 e. The van der Waals surface area contributed by atoms with Crippen LogP contribution in [0.15, 0.2) is 59.8 Å². The van der Waals surface area contributed by atoms with E-state index in [2.05, 4.69) is 15.6 Å². The molecule has 0 unspecified atom stereocenters. The van der Waals surface area contributed by atoms with Crippen molar-refractivity contribution < 1.29 is 18.0 Å². The summed E-state index contributed by atoms with van der Waals surface area (Å²) in [4.78, 5) is 29.6. The van der Waals surface area contributed by atoms with Gasteiger partial charge in [-0.05, 0) is 56.5 Å². The van der Waals surface area contributed by atoms with Crippen LogP contribution in [-0.2, 0) is 21.9 Å². The molecule has 2 amide bonds. The Bertz CT molecular complexity index is 1320. The lowest BCUT2D eigenvalue weighted by molar-refractivity contribution is -0.120. The average Bonchev–Trinajstić information content (AvgIpc) is 3.20. The third kappa shape index (κ3) is 5.44. The molecule has 35 heavy (non-hydrogen) atoms. The minimum atomic E-state index is -3.69. The van der Waals surface area contributed by atoms with E-state index in [-0.39, 0.29) is 35.8 Å². The van der Waals surface area contributed by atoms with Crippen molar-refractivity contribution >= 4 is 33.2 Å². The highest BCUT2D eigenvalue weighted by Gasteiger charge is 2.33. The van der Waals surface area contributed by atoms with Crippen LogP contribution in [0.5, 0.6) is 0 Å². The minimum Gasteiger partial charge on any atom is -0.337 e. The number of sulfonamides is 1. The van der Waals surface area contributed by atoms with Crippen molar-refractivity contribution in [2.24, 2.45) is 13.0 Å². The second kappa shape index (κ2) is 10.0. The standard InChI is InChI=1S/C25H29N5O4S/c1-17-9-10-21(27-24(31)19-7-5-4-6-8-19)15-22(17)28-25(32)20-11-13-30(14-12-20)35(33,34)23-16-29(3)18(2)26-23/h4-10,15-16,20H,11-14H2,1-3H3,(H,27,31)(H,28,32). The molecule has 1 aromatic heterocycles. The summed E-state index contributed by atoms with van der Waals surface area (Å²) in [6, 6.07) is 14.2. The highest BCUT2D eigenvalue weighted by atomic mass is 32.2. The van der Waals surface area contributed by atoms with Gasteiger partial charge in [-0.15, -0.1) is 0 Å². The predicted octanol–water partition coefficient (Wildman–Crippen LogP) is 3.33. The Balaban J connectivity index is 1.38. The molecule has 10 heteroatoms. The first kappa shape index (κ1) is 24.6. The lowest BCUT2D eigenvalue weighted by atomic mass is 9.97. The molecule has 184 valence electrons. The maximum Gasteiger partial charge on any atom is 0.262 e. The van der Waals surface area contributed by atoms with Gasteiger partial charge in [-0.3, -0.25) is 9.59 Å². The summed E-state index contributed by atoms with van der Waals surface area (Å²) < 4.78 is 28.9. The van der Waals surface area contributed by atoms with E-state index in [9.17, 15) is 18.0 Å². The number of hydrogen-bond donors (Lipinski definition) is 2. The van der Waals surface area contributed by atoms with E-state index >= 15 is 0 Å². The second-order valence-electron chi connectivity index (χ2n) is 8.75. The molecule has 2 heterocycles. The van der Waals surface area contributed by atoms with Gasteiger partial charge in [-0.1, -0.05) is 24.3 Å². The van der Waals surface area contributed by atoms with Crippen LogP contribution in [0.2, 0.25) is 0 Å². The third-order valence-corrected chi connectivity index (χ3v) is 8.07. The molecular formula is C25H29N5O4S. The van der Waals surface area contributed by atoms with Crippen LogP contribution in [0.4, 0.5) is 11.4 Å². The SMILES string of the molecule is Cc1ccc(NC(=O)c2ccccc2)cc1NC(=O)C1CCN(S(=O)(=O)c2cn(C)c(C)n2)CC1. The maximum atomic E-state index is 13.0. The Kier molecular flexibility index (Phi) is 7.04. The summed E-state index contributed by atoms with van der Waals surface area (Å²) in [5.74, 6) is -0.0851. The third-order valence-electron chi connectivity index (χ3n) is 6.30. The molecule has 1 fully saturated rings. The van der Waals surface area contributed by atoms with Crippen LogP contribution < -0.4 is 10.6 Å². The molecule has 0 saturated carbocycles. The number of hydrogen-bond acceptors (Lipinski definition) is 5. The number of carbonyl (C=O) groups is 2. The van der Waals surface area contributed by atoms with Crippen molar-refractivity contribution in [1.29, 1.82) is 0 Å². The molecule has 1 aliphatic rings. The summed E-state index contributed by atoms with van der Waals surface area (Å²) in [6.07, 6.45) is 2.34. The Labute approximate surface area is 205 Å². The molecule has 4 rings (SSSR count). The van der Waals surface area contributed by atoms with E-state index in [1.54, 1.807) is 54.9 Å². The Morgan fingerprint density at radius 2 is 1.69 bits per heavy atom. The molecule has 9 nitrogen and oxygen atoms in total. The number of piperidine rings is 1. The van der Waals surface area contributed by atoms with Gasteiger partial charge in [0.15, 0.2) is 5.03 Å². The van der Waals surface area contributed by atoms with Gasteiger partial charge < -0.3 is 15.2 Å². The number of nitrogens with one attached hydrogen (secondary N) is 2. The van der Waals surface area contributed by atoms with E-state index in [0.29, 0.717) is 35.6 Å². The lowest BCUT2D eigenvalue weighted by Gasteiger charge is -2.30. The van der Waals surface area contributed by atoms with E-state index in [1.807, 2.05) is 19.1 Å². The molecule has 3 aromatic rings. The van der Waals surface area contributed by atoms with E-state index in [0.717, 1.165) is 5.56 Å². The summed E-state index contributed by atoms with van der Waals surface area (Å²) in [5.41, 5.74) is 2.59. The summed E-state index contributed by atoms with van der Waals surface area (Å²) >= 11 is 0. The van der Waals surface area contributed by atoms with Crippen LogP contribution in [0, 0.1) is 19.8 Å².